The Balaban J connectivity index is 5.22. The Labute approximate surface area is 530 Å². The summed E-state index contributed by atoms with van der Waals surface area (Å²) in [5.74, 6) is -0.634. The first-order valence-corrected chi connectivity index (χ1v) is 38.6. The number of aliphatic hydroxyl groups is 1. The zero-order valence-corrected chi connectivity index (χ0v) is 58.1. The highest BCUT2D eigenvalue weighted by molar-refractivity contribution is 7.47. The van der Waals surface area contributed by atoms with Gasteiger partial charge in [-0.15, -0.1) is 0 Å². The monoisotopic (exact) mass is 1280 g/mol. The van der Waals surface area contributed by atoms with E-state index in [4.69, 9.17) is 37.0 Å². The third kappa shape index (κ3) is 60.1. The van der Waals surface area contributed by atoms with Crippen molar-refractivity contribution in [3.8, 4) is 0 Å². The smallest absolute Gasteiger partial charge is 0.462 e. The standard InChI is InChI=1S/C68H132O17P2/c1-7-11-13-15-17-19-20-21-22-23-24-25-26-27-33-40-46-52-67(72)84-63(56-79-66(71)51-45-39-32-29-28-30-36-42-48-60(5)9-3)58-82-86(74,75)80-54-62(69)55-81-87(76,77)83-59-64(57-78-65(70)50-44-38-31-18-16-14-12-8-2)85-68(73)53-47-41-35-34-37-43-49-61(6)10-4/h60-64,69H,7-59H2,1-6H3,(H,74,75)(H,76,77)/t60?,61?,62-,63-,64-/m1/s1. The molecule has 0 aromatic rings. The van der Waals surface area contributed by atoms with Gasteiger partial charge in [-0.05, 0) is 37.5 Å². The van der Waals surface area contributed by atoms with Gasteiger partial charge in [0.25, 0.3) is 0 Å². The summed E-state index contributed by atoms with van der Waals surface area (Å²) < 4.78 is 68.1. The minimum atomic E-state index is -4.95. The molecule has 3 N–H and O–H groups in total. The predicted octanol–water partition coefficient (Wildman–Crippen LogP) is 19.2. The van der Waals surface area contributed by atoms with Crippen LogP contribution in [0.5, 0.6) is 0 Å². The molecule has 17 nitrogen and oxygen atoms in total. The van der Waals surface area contributed by atoms with Crippen LogP contribution >= 0.6 is 15.6 Å². The molecule has 0 aromatic heterocycles. The molecule has 4 unspecified atom stereocenters. The molecule has 0 heterocycles. The third-order valence-electron chi connectivity index (χ3n) is 16.4. The van der Waals surface area contributed by atoms with E-state index in [2.05, 4.69) is 41.5 Å². The number of unbranched alkanes of at least 4 members (excludes halogenated alkanes) is 35. The molecule has 0 saturated heterocycles. The van der Waals surface area contributed by atoms with E-state index in [9.17, 15) is 43.2 Å². The van der Waals surface area contributed by atoms with Crippen molar-refractivity contribution in [1.29, 1.82) is 0 Å². The van der Waals surface area contributed by atoms with Crippen LogP contribution in [0.15, 0.2) is 0 Å². The highest BCUT2D eigenvalue weighted by Gasteiger charge is 2.30. The summed E-state index contributed by atoms with van der Waals surface area (Å²) in [6.45, 7) is 9.46. The van der Waals surface area contributed by atoms with Crippen molar-refractivity contribution in [3.05, 3.63) is 0 Å². The predicted molar refractivity (Wildman–Crippen MR) is 349 cm³/mol. The minimum Gasteiger partial charge on any atom is -0.462 e. The van der Waals surface area contributed by atoms with Gasteiger partial charge in [-0.1, -0.05) is 292 Å². The van der Waals surface area contributed by atoms with Crippen molar-refractivity contribution in [1.82, 2.24) is 0 Å². The van der Waals surface area contributed by atoms with Crippen LogP contribution < -0.4 is 0 Å². The fourth-order valence-electron chi connectivity index (χ4n) is 10.2. The maximum Gasteiger partial charge on any atom is 0.472 e. The Bertz CT molecular complexity index is 1700. The van der Waals surface area contributed by atoms with E-state index in [1.165, 1.54) is 154 Å². The second-order valence-electron chi connectivity index (χ2n) is 25.0. The summed E-state index contributed by atoms with van der Waals surface area (Å²) in [5.41, 5.74) is 0. The van der Waals surface area contributed by atoms with Crippen molar-refractivity contribution >= 4 is 39.5 Å². The largest absolute Gasteiger partial charge is 0.472 e. The lowest BCUT2D eigenvalue weighted by molar-refractivity contribution is -0.161. The SMILES string of the molecule is CCCCCCCCCCCCCCCCCCCC(=O)O[C@H](COC(=O)CCCCCCCCCCC(C)CC)COP(=O)(O)OC[C@@H](O)COP(=O)(O)OC[C@@H](COC(=O)CCCCCCCCCC)OC(=O)CCCCCCCCC(C)CC. The van der Waals surface area contributed by atoms with Gasteiger partial charge in [-0.25, -0.2) is 9.13 Å². The maximum absolute atomic E-state index is 13.0. The van der Waals surface area contributed by atoms with Gasteiger partial charge in [-0.3, -0.25) is 37.3 Å². The van der Waals surface area contributed by atoms with Gasteiger partial charge in [0, 0.05) is 25.7 Å². The number of rotatable bonds is 67. The molecule has 0 aliphatic rings. The van der Waals surface area contributed by atoms with Crippen LogP contribution in [0.1, 0.15) is 343 Å². The van der Waals surface area contributed by atoms with E-state index in [-0.39, 0.29) is 25.7 Å². The second kappa shape index (κ2) is 60.3. The zero-order valence-electron chi connectivity index (χ0n) is 56.3. The maximum atomic E-state index is 13.0. The van der Waals surface area contributed by atoms with Crippen molar-refractivity contribution in [3.63, 3.8) is 0 Å². The van der Waals surface area contributed by atoms with E-state index >= 15 is 0 Å². The number of hydrogen-bond acceptors (Lipinski definition) is 15. The summed E-state index contributed by atoms with van der Waals surface area (Å²) in [4.78, 5) is 72.3. The van der Waals surface area contributed by atoms with Gasteiger partial charge in [0.15, 0.2) is 12.2 Å². The number of phosphoric acid groups is 2. The zero-order chi connectivity index (χ0) is 64.3. The molecule has 0 aliphatic heterocycles. The van der Waals surface area contributed by atoms with E-state index in [1.807, 2.05) is 0 Å². The van der Waals surface area contributed by atoms with Crippen LogP contribution in [0.25, 0.3) is 0 Å². The van der Waals surface area contributed by atoms with Crippen molar-refractivity contribution < 1.29 is 80.2 Å². The van der Waals surface area contributed by atoms with Gasteiger partial charge in [0.05, 0.1) is 26.4 Å². The normalized spacial score (nSPS) is 14.8. The molecule has 0 radical (unpaired) electrons. The number of ether oxygens (including phenoxy) is 4. The first-order valence-electron chi connectivity index (χ1n) is 35.6. The molecule has 87 heavy (non-hydrogen) atoms. The molecule has 0 aromatic carbocycles. The van der Waals surface area contributed by atoms with Gasteiger partial charge >= 0.3 is 39.5 Å². The van der Waals surface area contributed by atoms with Gasteiger partial charge in [-0.2, -0.15) is 0 Å². The van der Waals surface area contributed by atoms with Crippen LogP contribution in [0.4, 0.5) is 0 Å². The molecule has 0 saturated carbocycles. The van der Waals surface area contributed by atoms with Crippen LogP contribution in [0.3, 0.4) is 0 Å². The molecule has 0 aliphatic carbocycles. The minimum absolute atomic E-state index is 0.103. The highest BCUT2D eigenvalue weighted by atomic mass is 31.2. The second-order valence-corrected chi connectivity index (χ2v) is 28.0. The Hall–Kier alpha value is -1.94. The molecule has 516 valence electrons. The van der Waals surface area contributed by atoms with E-state index < -0.39 is 97.5 Å². The Kier molecular flexibility index (Phi) is 59.0. The number of carbonyl (C=O) groups excluding carboxylic acids is 4. The van der Waals surface area contributed by atoms with Crippen molar-refractivity contribution in [2.45, 2.75) is 362 Å². The van der Waals surface area contributed by atoms with Crippen molar-refractivity contribution in [2.75, 3.05) is 39.6 Å². The number of carbonyl (C=O) groups is 4. The molecular weight excluding hydrogens is 1150 g/mol. The molecular formula is C68H132O17P2. The molecule has 0 bridgehead atoms. The van der Waals surface area contributed by atoms with Crippen LogP contribution in [0, 0.1) is 11.8 Å². The summed E-state index contributed by atoms with van der Waals surface area (Å²) in [6, 6.07) is 0. The van der Waals surface area contributed by atoms with E-state index in [0.29, 0.717) is 25.7 Å². The summed E-state index contributed by atoms with van der Waals surface area (Å²) in [7, 11) is -9.89. The van der Waals surface area contributed by atoms with E-state index in [1.54, 1.807) is 0 Å². The van der Waals surface area contributed by atoms with Crippen LogP contribution in [-0.4, -0.2) is 96.7 Å². The average Bonchev–Trinajstić information content (AvgIpc) is 3.61. The van der Waals surface area contributed by atoms with Gasteiger partial charge in [0.2, 0.25) is 0 Å². The van der Waals surface area contributed by atoms with Crippen molar-refractivity contribution in [2.24, 2.45) is 11.8 Å². The van der Waals surface area contributed by atoms with Crippen LogP contribution in [-0.2, 0) is 65.4 Å². The topological polar surface area (TPSA) is 237 Å². The lowest BCUT2D eigenvalue weighted by Crippen LogP contribution is -2.30. The molecule has 0 rings (SSSR count). The Morgan fingerprint density at radius 2 is 0.552 bits per heavy atom. The summed E-state index contributed by atoms with van der Waals surface area (Å²) in [5, 5.41) is 10.6. The lowest BCUT2D eigenvalue weighted by atomic mass is 9.99. The lowest BCUT2D eigenvalue weighted by Gasteiger charge is -2.21. The Morgan fingerprint density at radius 3 is 0.816 bits per heavy atom. The average molecular weight is 1280 g/mol. The Morgan fingerprint density at radius 1 is 0.322 bits per heavy atom. The molecule has 19 heteroatoms. The number of esters is 4. The molecule has 0 spiro atoms. The quantitative estimate of drug-likeness (QED) is 0.0222. The first kappa shape index (κ1) is 85.1. The third-order valence-corrected chi connectivity index (χ3v) is 18.3. The fourth-order valence-corrected chi connectivity index (χ4v) is 11.8. The van der Waals surface area contributed by atoms with Gasteiger partial charge in [0.1, 0.15) is 19.3 Å². The van der Waals surface area contributed by atoms with Gasteiger partial charge < -0.3 is 33.8 Å². The molecule has 0 fully saturated rings. The van der Waals surface area contributed by atoms with E-state index in [0.717, 1.165) is 108 Å². The highest BCUT2D eigenvalue weighted by Crippen LogP contribution is 2.45. The number of aliphatic hydroxyl groups excluding tert-OH is 1. The molecule has 0 amide bonds. The molecule has 7 atom stereocenters. The number of hydrogen-bond donors (Lipinski definition) is 3. The van der Waals surface area contributed by atoms with Crippen LogP contribution in [0.2, 0.25) is 0 Å². The number of phosphoric ester groups is 2. The summed E-state index contributed by atoms with van der Waals surface area (Å²) >= 11 is 0. The summed E-state index contributed by atoms with van der Waals surface area (Å²) in [6.07, 6.45) is 44.5. The first-order chi connectivity index (χ1) is 41.9. The fraction of sp³-hybridized carbons (Fsp3) is 0.941.